The second-order valence-electron chi connectivity index (χ2n) is 5.55. The van der Waals surface area contributed by atoms with E-state index in [1.54, 1.807) is 14.2 Å². The van der Waals surface area contributed by atoms with E-state index in [-0.39, 0.29) is 0 Å². The molecule has 0 N–H and O–H groups in total. The van der Waals surface area contributed by atoms with Gasteiger partial charge in [-0.05, 0) is 32.2 Å². The predicted molar refractivity (Wildman–Crippen MR) is 92.6 cm³/mol. The molecule has 0 heterocycles. The van der Waals surface area contributed by atoms with Gasteiger partial charge in [0.1, 0.15) is 12.4 Å². The molecule has 0 saturated carbocycles. The standard InChI is InChI=1S/C19H25NO3/c1-15-8-10-17(11-9-15)23-13-12-20(2)14-16-6-5-7-18(21-3)19(16)22-4/h5-11H,12-14H2,1-4H3. The van der Waals surface area contributed by atoms with Gasteiger partial charge in [0, 0.05) is 18.7 Å². The molecule has 124 valence electrons. The van der Waals surface area contributed by atoms with E-state index in [2.05, 4.69) is 37.1 Å². The summed E-state index contributed by atoms with van der Waals surface area (Å²) < 4.78 is 16.6. The van der Waals surface area contributed by atoms with E-state index in [4.69, 9.17) is 14.2 Å². The van der Waals surface area contributed by atoms with Gasteiger partial charge in [0.05, 0.1) is 14.2 Å². The lowest BCUT2D eigenvalue weighted by Gasteiger charge is -2.19. The molecule has 0 amide bonds. The molecule has 0 fully saturated rings. The van der Waals surface area contributed by atoms with Crippen LogP contribution in [0.4, 0.5) is 0 Å². The monoisotopic (exact) mass is 315 g/mol. The van der Waals surface area contributed by atoms with E-state index in [0.29, 0.717) is 6.61 Å². The zero-order chi connectivity index (χ0) is 16.7. The van der Waals surface area contributed by atoms with Crippen LogP contribution in [0.1, 0.15) is 11.1 Å². The Morgan fingerprint density at radius 2 is 1.70 bits per heavy atom. The average molecular weight is 315 g/mol. The fourth-order valence-corrected chi connectivity index (χ4v) is 2.40. The molecule has 0 aromatic heterocycles. The first-order valence-electron chi connectivity index (χ1n) is 7.72. The van der Waals surface area contributed by atoms with Gasteiger partial charge in [-0.2, -0.15) is 0 Å². The lowest BCUT2D eigenvalue weighted by molar-refractivity contribution is 0.230. The molecule has 0 atom stereocenters. The number of nitrogens with zero attached hydrogens (tertiary/aromatic N) is 1. The minimum absolute atomic E-state index is 0.645. The molecule has 2 rings (SSSR count). The topological polar surface area (TPSA) is 30.9 Å². The smallest absolute Gasteiger partial charge is 0.165 e. The first-order valence-corrected chi connectivity index (χ1v) is 7.72. The second kappa shape index (κ2) is 8.44. The summed E-state index contributed by atoms with van der Waals surface area (Å²) in [4.78, 5) is 2.20. The normalized spacial score (nSPS) is 10.7. The van der Waals surface area contributed by atoms with Gasteiger partial charge in [0.25, 0.3) is 0 Å². The number of benzene rings is 2. The molecule has 0 unspecified atom stereocenters. The molecule has 2 aromatic carbocycles. The Morgan fingerprint density at radius 3 is 2.35 bits per heavy atom. The van der Waals surface area contributed by atoms with Crippen LogP contribution in [-0.4, -0.2) is 39.3 Å². The highest BCUT2D eigenvalue weighted by Gasteiger charge is 2.11. The van der Waals surface area contributed by atoms with Crippen molar-refractivity contribution in [3.05, 3.63) is 53.6 Å². The number of hydrogen-bond donors (Lipinski definition) is 0. The van der Waals surface area contributed by atoms with E-state index < -0.39 is 0 Å². The van der Waals surface area contributed by atoms with Crippen LogP contribution in [0.3, 0.4) is 0 Å². The van der Waals surface area contributed by atoms with Gasteiger partial charge in [-0.3, -0.25) is 4.90 Å². The van der Waals surface area contributed by atoms with Crippen LogP contribution < -0.4 is 14.2 Å². The van der Waals surface area contributed by atoms with Crippen molar-refractivity contribution in [2.45, 2.75) is 13.5 Å². The summed E-state index contributed by atoms with van der Waals surface area (Å²) in [5.41, 5.74) is 2.34. The molecule has 0 aliphatic heterocycles. The molecule has 0 aliphatic carbocycles. The van der Waals surface area contributed by atoms with Crippen LogP contribution in [0.25, 0.3) is 0 Å². The van der Waals surface area contributed by atoms with Crippen LogP contribution in [0.2, 0.25) is 0 Å². The molecule has 4 nitrogen and oxygen atoms in total. The Balaban J connectivity index is 1.87. The van der Waals surface area contributed by atoms with Crippen LogP contribution in [0.5, 0.6) is 17.2 Å². The van der Waals surface area contributed by atoms with Crippen molar-refractivity contribution in [1.29, 1.82) is 0 Å². The first kappa shape index (κ1) is 17.2. The molecular formula is C19H25NO3. The van der Waals surface area contributed by atoms with Crippen molar-refractivity contribution in [2.24, 2.45) is 0 Å². The van der Waals surface area contributed by atoms with Gasteiger partial charge in [0.15, 0.2) is 11.5 Å². The van der Waals surface area contributed by atoms with Gasteiger partial charge in [0.2, 0.25) is 0 Å². The second-order valence-corrected chi connectivity index (χ2v) is 5.55. The van der Waals surface area contributed by atoms with Gasteiger partial charge >= 0.3 is 0 Å². The maximum absolute atomic E-state index is 5.77. The molecular weight excluding hydrogens is 290 g/mol. The Kier molecular flexibility index (Phi) is 6.29. The van der Waals surface area contributed by atoms with Crippen molar-refractivity contribution < 1.29 is 14.2 Å². The maximum Gasteiger partial charge on any atom is 0.165 e. The molecule has 0 spiro atoms. The molecule has 23 heavy (non-hydrogen) atoms. The number of methoxy groups -OCH3 is 2. The summed E-state index contributed by atoms with van der Waals surface area (Å²) in [7, 11) is 5.39. The third kappa shape index (κ3) is 4.89. The van der Waals surface area contributed by atoms with Crippen molar-refractivity contribution in [3.63, 3.8) is 0 Å². The van der Waals surface area contributed by atoms with Crippen molar-refractivity contribution in [3.8, 4) is 17.2 Å². The van der Waals surface area contributed by atoms with Crippen molar-refractivity contribution in [1.82, 2.24) is 4.90 Å². The Morgan fingerprint density at radius 1 is 0.957 bits per heavy atom. The van der Waals surface area contributed by atoms with Gasteiger partial charge in [-0.15, -0.1) is 0 Å². The number of para-hydroxylation sites is 1. The zero-order valence-corrected chi connectivity index (χ0v) is 14.3. The fraction of sp³-hybridized carbons (Fsp3) is 0.368. The number of rotatable bonds is 8. The van der Waals surface area contributed by atoms with Gasteiger partial charge in [-0.25, -0.2) is 0 Å². The molecule has 4 heteroatoms. The number of hydrogen-bond acceptors (Lipinski definition) is 4. The van der Waals surface area contributed by atoms with Crippen LogP contribution in [0, 0.1) is 6.92 Å². The minimum Gasteiger partial charge on any atom is -0.493 e. The van der Waals surface area contributed by atoms with Crippen molar-refractivity contribution in [2.75, 3.05) is 34.4 Å². The van der Waals surface area contributed by atoms with Crippen LogP contribution in [-0.2, 0) is 6.54 Å². The van der Waals surface area contributed by atoms with Gasteiger partial charge in [-0.1, -0.05) is 29.8 Å². The fourth-order valence-electron chi connectivity index (χ4n) is 2.40. The maximum atomic E-state index is 5.77. The van der Waals surface area contributed by atoms with Gasteiger partial charge < -0.3 is 14.2 Å². The highest BCUT2D eigenvalue weighted by atomic mass is 16.5. The van der Waals surface area contributed by atoms with E-state index >= 15 is 0 Å². The van der Waals surface area contributed by atoms with E-state index in [1.165, 1.54) is 5.56 Å². The summed E-state index contributed by atoms with van der Waals surface area (Å²) in [6, 6.07) is 14.1. The quantitative estimate of drug-likeness (QED) is 0.746. The first-order chi connectivity index (χ1) is 11.1. The Labute approximate surface area is 138 Å². The highest BCUT2D eigenvalue weighted by Crippen LogP contribution is 2.31. The summed E-state index contributed by atoms with van der Waals surface area (Å²) >= 11 is 0. The third-order valence-electron chi connectivity index (χ3n) is 3.69. The van der Waals surface area contributed by atoms with Crippen molar-refractivity contribution >= 4 is 0 Å². The molecule has 0 radical (unpaired) electrons. The molecule has 0 saturated heterocycles. The van der Waals surface area contributed by atoms with Crippen LogP contribution >= 0.6 is 0 Å². The number of ether oxygens (including phenoxy) is 3. The summed E-state index contributed by atoms with van der Waals surface area (Å²) in [6.07, 6.45) is 0. The van der Waals surface area contributed by atoms with E-state index in [0.717, 1.165) is 35.9 Å². The third-order valence-corrected chi connectivity index (χ3v) is 3.69. The largest absolute Gasteiger partial charge is 0.493 e. The summed E-state index contributed by atoms with van der Waals surface area (Å²) in [5.74, 6) is 2.46. The Bertz CT molecular complexity index is 611. The summed E-state index contributed by atoms with van der Waals surface area (Å²) in [6.45, 7) is 4.32. The predicted octanol–water partition coefficient (Wildman–Crippen LogP) is 3.52. The van der Waals surface area contributed by atoms with E-state index in [9.17, 15) is 0 Å². The summed E-state index contributed by atoms with van der Waals surface area (Å²) in [5, 5.41) is 0. The molecule has 0 aliphatic rings. The SMILES string of the molecule is COc1cccc(CN(C)CCOc2ccc(C)cc2)c1OC. The van der Waals surface area contributed by atoms with Crippen LogP contribution in [0.15, 0.2) is 42.5 Å². The average Bonchev–Trinajstić information content (AvgIpc) is 2.56. The zero-order valence-electron chi connectivity index (χ0n) is 14.3. The molecule has 2 aromatic rings. The number of likely N-dealkylation sites (N-methyl/N-ethyl adjacent to an activating group) is 1. The molecule has 0 bridgehead atoms. The lowest BCUT2D eigenvalue weighted by atomic mass is 10.1. The van der Waals surface area contributed by atoms with E-state index in [1.807, 2.05) is 24.3 Å². The Hall–Kier alpha value is -2.20. The highest BCUT2D eigenvalue weighted by molar-refractivity contribution is 5.46. The lowest BCUT2D eigenvalue weighted by Crippen LogP contribution is -2.24. The number of aryl methyl sites for hydroxylation is 1. The minimum atomic E-state index is 0.645.